The van der Waals surface area contributed by atoms with E-state index in [4.69, 9.17) is 0 Å². The molecule has 3 nitrogen and oxygen atoms in total. The lowest BCUT2D eigenvalue weighted by atomic mass is 9.34. The third kappa shape index (κ3) is 3.50. The average molecular weight is 457 g/mol. The third-order valence-electron chi connectivity index (χ3n) is 12.3. The van der Waals surface area contributed by atoms with Crippen LogP contribution >= 0.6 is 0 Å². The lowest BCUT2D eigenvalue weighted by Crippen LogP contribution is -2.63. The van der Waals surface area contributed by atoms with Crippen LogP contribution in [0.5, 0.6) is 0 Å². The largest absolute Gasteiger partial charge is 0.481 e. The number of allylic oxidation sites excluding steroid dienone is 1. The Labute approximate surface area is 202 Å². The topological polar surface area (TPSA) is 57.5 Å². The number of aliphatic hydroxyl groups is 1. The van der Waals surface area contributed by atoms with E-state index in [0.717, 1.165) is 30.3 Å². The molecule has 4 saturated carbocycles. The number of hydrogen-bond acceptors (Lipinski definition) is 2. The molecule has 4 aliphatic rings. The Balaban J connectivity index is 1.75. The first kappa shape index (κ1) is 25.0. The van der Waals surface area contributed by atoms with Crippen LogP contribution in [0.1, 0.15) is 98.8 Å². The number of hydrogen-bond donors (Lipinski definition) is 2. The Morgan fingerprint density at radius 2 is 1.64 bits per heavy atom. The van der Waals surface area contributed by atoms with Crippen molar-refractivity contribution in [2.75, 3.05) is 6.61 Å². The second-order valence-corrected chi connectivity index (χ2v) is 13.5. The molecule has 4 fully saturated rings. The van der Waals surface area contributed by atoms with Crippen molar-refractivity contribution in [3.63, 3.8) is 0 Å². The molecule has 4 rings (SSSR count). The molecule has 0 aromatic heterocycles. The van der Waals surface area contributed by atoms with Crippen molar-refractivity contribution in [2.45, 2.75) is 98.8 Å². The van der Waals surface area contributed by atoms with Gasteiger partial charge in [-0.25, -0.2) is 0 Å². The summed E-state index contributed by atoms with van der Waals surface area (Å²) in [7, 11) is 0. The summed E-state index contributed by atoms with van der Waals surface area (Å²) in [4.78, 5) is 11.6. The van der Waals surface area contributed by atoms with Crippen LogP contribution in [0.3, 0.4) is 0 Å². The van der Waals surface area contributed by atoms with E-state index in [-0.39, 0.29) is 35.2 Å². The molecule has 0 radical (unpaired) electrons. The fourth-order valence-corrected chi connectivity index (χ4v) is 10.4. The highest BCUT2D eigenvalue weighted by atomic mass is 16.4. The fraction of sp³-hybridized carbons (Fsp3) is 0.833. The third-order valence-corrected chi connectivity index (χ3v) is 12.3. The zero-order valence-electron chi connectivity index (χ0n) is 21.9. The minimum atomic E-state index is -0.708. The lowest BCUT2D eigenvalue weighted by molar-refractivity contribution is -0.214. The molecule has 0 heterocycles. The molecule has 0 aliphatic heterocycles. The summed E-state index contributed by atoms with van der Waals surface area (Å²) in [6, 6.07) is 0. The van der Waals surface area contributed by atoms with Gasteiger partial charge in [-0.05, 0) is 122 Å². The normalized spacial score (nSPS) is 49.0. The van der Waals surface area contributed by atoms with E-state index in [2.05, 4.69) is 47.8 Å². The second-order valence-electron chi connectivity index (χ2n) is 13.5. The molecule has 9 atom stereocenters. The number of fused-ring (bicyclic) bond motifs is 5. The predicted molar refractivity (Wildman–Crippen MR) is 135 cm³/mol. The molecular weight excluding hydrogens is 408 g/mol. The van der Waals surface area contributed by atoms with Crippen LogP contribution in [0, 0.1) is 51.2 Å². The van der Waals surface area contributed by atoms with Gasteiger partial charge in [-0.15, -0.1) is 0 Å². The van der Waals surface area contributed by atoms with E-state index in [9.17, 15) is 15.0 Å². The minimum absolute atomic E-state index is 0.0113. The van der Waals surface area contributed by atoms with Crippen molar-refractivity contribution in [3.05, 3.63) is 24.3 Å². The molecule has 186 valence electrons. The Morgan fingerprint density at radius 3 is 2.24 bits per heavy atom. The van der Waals surface area contributed by atoms with Gasteiger partial charge in [-0.2, -0.15) is 0 Å². The first-order chi connectivity index (χ1) is 15.3. The number of carboxylic acid groups (broad SMARTS) is 1. The van der Waals surface area contributed by atoms with E-state index in [1.165, 1.54) is 44.1 Å². The van der Waals surface area contributed by atoms with Gasteiger partial charge in [0.15, 0.2) is 0 Å². The lowest BCUT2D eigenvalue weighted by Gasteiger charge is -2.71. The predicted octanol–water partition coefficient (Wildman–Crippen LogP) is 7.26. The van der Waals surface area contributed by atoms with Crippen LogP contribution in [0.2, 0.25) is 0 Å². The maximum Gasteiger partial charge on any atom is 0.303 e. The molecule has 33 heavy (non-hydrogen) atoms. The van der Waals surface area contributed by atoms with Gasteiger partial charge in [-0.3, -0.25) is 4.79 Å². The molecule has 0 bridgehead atoms. The van der Waals surface area contributed by atoms with Gasteiger partial charge in [0.2, 0.25) is 0 Å². The fourth-order valence-electron chi connectivity index (χ4n) is 10.4. The average Bonchev–Trinajstić information content (AvgIpc) is 3.11. The molecular formula is C30H48O3. The Kier molecular flexibility index (Phi) is 6.25. The first-order valence-electron chi connectivity index (χ1n) is 13.5. The SMILES string of the molecule is C=C(C)C1CCC2(C)CCC3(C)C(CCC4C(C)(CCC(=O)O)C(C(=C)CO)CCC43C)C12. The molecule has 4 aliphatic carbocycles. The van der Waals surface area contributed by atoms with Crippen LogP contribution in [-0.4, -0.2) is 22.8 Å². The van der Waals surface area contributed by atoms with Gasteiger partial charge >= 0.3 is 5.97 Å². The monoisotopic (exact) mass is 456 g/mol. The van der Waals surface area contributed by atoms with Gasteiger partial charge in [0.25, 0.3) is 0 Å². The molecule has 2 N–H and O–H groups in total. The maximum atomic E-state index is 11.6. The Morgan fingerprint density at radius 1 is 0.939 bits per heavy atom. The zero-order valence-corrected chi connectivity index (χ0v) is 21.9. The molecule has 9 unspecified atom stereocenters. The van der Waals surface area contributed by atoms with Crippen molar-refractivity contribution in [1.29, 1.82) is 0 Å². The molecule has 0 amide bonds. The number of aliphatic carboxylic acids is 1. The quantitative estimate of drug-likeness (QED) is 0.414. The molecule has 0 aromatic rings. The Hall–Kier alpha value is -1.09. The van der Waals surface area contributed by atoms with Crippen LogP contribution in [0.25, 0.3) is 0 Å². The van der Waals surface area contributed by atoms with E-state index >= 15 is 0 Å². The van der Waals surface area contributed by atoms with Gasteiger partial charge in [0.05, 0.1) is 6.61 Å². The van der Waals surface area contributed by atoms with Crippen molar-refractivity contribution >= 4 is 5.97 Å². The van der Waals surface area contributed by atoms with Gasteiger partial charge in [-0.1, -0.05) is 46.4 Å². The summed E-state index contributed by atoms with van der Waals surface area (Å²) in [5.74, 6) is 2.10. The molecule has 0 saturated heterocycles. The van der Waals surface area contributed by atoms with Crippen LogP contribution in [0.4, 0.5) is 0 Å². The van der Waals surface area contributed by atoms with E-state index in [0.29, 0.717) is 23.7 Å². The summed E-state index contributed by atoms with van der Waals surface area (Å²) in [6.07, 6.45) is 10.8. The van der Waals surface area contributed by atoms with Crippen LogP contribution in [-0.2, 0) is 4.79 Å². The number of rotatable bonds is 6. The van der Waals surface area contributed by atoms with Crippen molar-refractivity contribution in [3.8, 4) is 0 Å². The summed E-state index contributed by atoms with van der Waals surface area (Å²) < 4.78 is 0. The van der Waals surface area contributed by atoms with Crippen molar-refractivity contribution in [2.24, 2.45) is 51.2 Å². The van der Waals surface area contributed by atoms with Gasteiger partial charge < -0.3 is 10.2 Å². The second kappa shape index (κ2) is 8.25. The first-order valence-corrected chi connectivity index (χ1v) is 13.5. The van der Waals surface area contributed by atoms with Crippen LogP contribution < -0.4 is 0 Å². The number of carboxylic acids is 1. The maximum absolute atomic E-state index is 11.6. The highest BCUT2D eigenvalue weighted by Gasteiger charge is 2.68. The minimum Gasteiger partial charge on any atom is -0.481 e. The molecule has 3 heteroatoms. The van der Waals surface area contributed by atoms with Crippen LogP contribution in [0.15, 0.2) is 24.3 Å². The number of carbonyl (C=O) groups is 1. The van der Waals surface area contributed by atoms with E-state index in [1.54, 1.807) is 0 Å². The highest BCUT2D eigenvalue weighted by molar-refractivity contribution is 5.66. The summed E-state index contributed by atoms with van der Waals surface area (Å²) in [5, 5.41) is 19.6. The zero-order chi connectivity index (χ0) is 24.4. The molecule has 0 aromatic carbocycles. The smallest absolute Gasteiger partial charge is 0.303 e. The molecule has 0 spiro atoms. The standard InChI is InChI=1S/C30H48O3/c1-19(2)21-10-13-27(4)16-17-29(6)23(26(21)27)8-9-24-28(5,14-12-25(32)33)22(20(3)18-31)11-15-30(24,29)7/h21-24,26,31H,1,3,8-18H2,2,4-7H3,(H,32,33). The van der Waals surface area contributed by atoms with Crippen molar-refractivity contribution in [1.82, 2.24) is 0 Å². The summed E-state index contributed by atoms with van der Waals surface area (Å²) >= 11 is 0. The van der Waals surface area contributed by atoms with E-state index < -0.39 is 5.97 Å². The number of aliphatic hydroxyl groups excluding tert-OH is 1. The highest BCUT2D eigenvalue weighted by Crippen LogP contribution is 2.76. The van der Waals surface area contributed by atoms with Gasteiger partial charge in [0.1, 0.15) is 0 Å². The summed E-state index contributed by atoms with van der Waals surface area (Å²) in [6.45, 7) is 21.0. The summed E-state index contributed by atoms with van der Waals surface area (Å²) in [5.41, 5.74) is 3.09. The van der Waals surface area contributed by atoms with E-state index in [1.807, 2.05) is 0 Å². The Bertz CT molecular complexity index is 830. The van der Waals surface area contributed by atoms with Gasteiger partial charge in [0, 0.05) is 6.42 Å². The van der Waals surface area contributed by atoms with Crippen molar-refractivity contribution < 1.29 is 15.0 Å².